The number of nitrogens with one attached hydrogen (secondary N) is 1. The van der Waals surface area contributed by atoms with E-state index in [2.05, 4.69) is 5.32 Å². The van der Waals surface area contributed by atoms with Crippen LogP contribution in [0.4, 0.5) is 0 Å². The molecule has 0 aliphatic heterocycles. The molecule has 1 aliphatic carbocycles. The molecule has 30 heavy (non-hydrogen) atoms. The number of carbonyl (C=O) groups is 1. The maximum absolute atomic E-state index is 13.3. The lowest BCUT2D eigenvalue weighted by Gasteiger charge is -2.26. The Morgan fingerprint density at radius 3 is 2.33 bits per heavy atom. The second kappa shape index (κ2) is 10.3. The molecule has 0 saturated heterocycles. The number of amides is 1. The molecule has 2 aromatic rings. The molecule has 1 N–H and O–H groups in total. The van der Waals surface area contributed by atoms with Crippen LogP contribution in [0.2, 0.25) is 15.1 Å². The fraction of sp³-hybridized carbons (Fsp3) is 0.381. The molecule has 0 aromatic heterocycles. The van der Waals surface area contributed by atoms with E-state index < -0.39 is 10.0 Å². The van der Waals surface area contributed by atoms with Crippen molar-refractivity contribution in [1.82, 2.24) is 9.62 Å². The summed E-state index contributed by atoms with van der Waals surface area (Å²) in [4.78, 5) is 12.7. The minimum Gasteiger partial charge on any atom is -0.352 e. The Labute approximate surface area is 192 Å². The zero-order chi connectivity index (χ0) is 21.7. The number of hydrogen-bond acceptors (Lipinski definition) is 3. The van der Waals surface area contributed by atoms with Gasteiger partial charge in [0.25, 0.3) is 0 Å². The van der Waals surface area contributed by atoms with Crippen LogP contribution in [-0.4, -0.2) is 31.2 Å². The third kappa shape index (κ3) is 5.89. The molecule has 0 bridgehead atoms. The van der Waals surface area contributed by atoms with Crippen LogP contribution in [0.1, 0.15) is 37.7 Å². The number of hydrogen-bond donors (Lipinski definition) is 1. The third-order valence-electron chi connectivity index (χ3n) is 5.12. The van der Waals surface area contributed by atoms with Gasteiger partial charge in [0.15, 0.2) is 0 Å². The van der Waals surface area contributed by atoms with Gasteiger partial charge in [0.1, 0.15) is 0 Å². The summed E-state index contributed by atoms with van der Waals surface area (Å²) in [6.45, 7) is -0.357. The molecule has 0 radical (unpaired) electrons. The molecule has 0 heterocycles. The minimum atomic E-state index is -4.02. The van der Waals surface area contributed by atoms with Gasteiger partial charge in [0, 0.05) is 17.6 Å². The van der Waals surface area contributed by atoms with E-state index in [0.717, 1.165) is 36.4 Å². The molecule has 0 atom stereocenters. The van der Waals surface area contributed by atoms with Gasteiger partial charge < -0.3 is 5.32 Å². The van der Waals surface area contributed by atoms with Gasteiger partial charge in [-0.3, -0.25) is 4.79 Å². The van der Waals surface area contributed by atoms with Crippen molar-refractivity contribution < 1.29 is 13.2 Å². The first kappa shape index (κ1) is 23.4. The van der Waals surface area contributed by atoms with Gasteiger partial charge in [0.2, 0.25) is 15.9 Å². The van der Waals surface area contributed by atoms with Crippen LogP contribution in [0.3, 0.4) is 0 Å². The molecule has 1 saturated carbocycles. The zero-order valence-electron chi connectivity index (χ0n) is 16.3. The summed E-state index contributed by atoms with van der Waals surface area (Å²) >= 11 is 18.2. The number of rotatable bonds is 7. The molecule has 0 unspecified atom stereocenters. The topological polar surface area (TPSA) is 66.5 Å². The Bertz CT molecular complexity index is 1010. The largest absolute Gasteiger partial charge is 0.352 e. The summed E-state index contributed by atoms with van der Waals surface area (Å²) in [5.41, 5.74) is 0.605. The highest BCUT2D eigenvalue weighted by Crippen LogP contribution is 2.28. The van der Waals surface area contributed by atoms with Crippen molar-refractivity contribution in [2.45, 2.75) is 49.6 Å². The van der Waals surface area contributed by atoms with E-state index in [9.17, 15) is 13.2 Å². The van der Waals surface area contributed by atoms with Gasteiger partial charge in [-0.05, 0) is 42.7 Å². The first-order chi connectivity index (χ1) is 14.3. The minimum absolute atomic E-state index is 0.0329. The Hall–Kier alpha value is -1.31. The molecule has 162 valence electrons. The van der Waals surface area contributed by atoms with Crippen LogP contribution in [0, 0.1) is 0 Å². The van der Waals surface area contributed by atoms with E-state index in [0.29, 0.717) is 10.6 Å². The van der Waals surface area contributed by atoms with E-state index in [1.165, 1.54) is 18.2 Å². The highest BCUT2D eigenvalue weighted by molar-refractivity contribution is 7.89. The van der Waals surface area contributed by atoms with Gasteiger partial charge in [-0.2, -0.15) is 4.31 Å². The summed E-state index contributed by atoms with van der Waals surface area (Å²) in [5.74, 6) is -0.336. The SMILES string of the molecule is O=C(CN(Cc1ccccc1Cl)S(=O)(=O)c1ccc(Cl)c(Cl)c1)NC1CCCCC1. The summed E-state index contributed by atoms with van der Waals surface area (Å²) in [7, 11) is -4.02. The number of benzene rings is 2. The van der Waals surface area contributed by atoms with Crippen LogP contribution in [0.25, 0.3) is 0 Å². The van der Waals surface area contributed by atoms with Crippen molar-refractivity contribution in [3.63, 3.8) is 0 Å². The molecule has 9 heteroatoms. The molecular weight excluding hydrogens is 467 g/mol. The number of nitrogens with zero attached hydrogens (tertiary/aromatic N) is 1. The first-order valence-electron chi connectivity index (χ1n) is 9.75. The molecule has 1 amide bonds. The maximum Gasteiger partial charge on any atom is 0.243 e. The van der Waals surface area contributed by atoms with Crippen molar-refractivity contribution >= 4 is 50.7 Å². The zero-order valence-corrected chi connectivity index (χ0v) is 19.4. The molecule has 2 aromatic carbocycles. The first-order valence-corrected chi connectivity index (χ1v) is 12.3. The van der Waals surface area contributed by atoms with Crippen molar-refractivity contribution in [2.24, 2.45) is 0 Å². The fourth-order valence-corrected chi connectivity index (χ4v) is 5.47. The molecule has 1 aliphatic rings. The van der Waals surface area contributed by atoms with E-state index in [1.807, 2.05) is 0 Å². The summed E-state index contributed by atoms with van der Waals surface area (Å²) in [6, 6.07) is 11.1. The average molecular weight is 490 g/mol. The van der Waals surface area contributed by atoms with Crippen molar-refractivity contribution in [3.8, 4) is 0 Å². The van der Waals surface area contributed by atoms with Gasteiger partial charge in [-0.15, -0.1) is 0 Å². The lowest BCUT2D eigenvalue weighted by Crippen LogP contribution is -2.44. The summed E-state index contributed by atoms with van der Waals surface area (Å²) in [5, 5.41) is 3.78. The van der Waals surface area contributed by atoms with Crippen LogP contribution < -0.4 is 5.32 Å². The second-order valence-electron chi connectivity index (χ2n) is 7.34. The molecular formula is C21H23Cl3N2O3S. The predicted octanol–water partition coefficient (Wildman–Crippen LogP) is 5.29. The number of halogens is 3. The maximum atomic E-state index is 13.3. The van der Waals surface area contributed by atoms with Crippen LogP contribution in [0.5, 0.6) is 0 Å². The van der Waals surface area contributed by atoms with Crippen molar-refractivity contribution in [3.05, 3.63) is 63.1 Å². The normalized spacial score (nSPS) is 15.3. The van der Waals surface area contributed by atoms with E-state index in [1.54, 1.807) is 24.3 Å². The standard InChI is InChI=1S/C21H23Cl3N2O3S/c22-18-9-5-4-6-15(18)13-26(14-21(27)25-16-7-2-1-3-8-16)30(28,29)17-10-11-19(23)20(24)12-17/h4-6,9-12,16H,1-3,7-8,13-14H2,(H,25,27). The van der Waals surface area contributed by atoms with Gasteiger partial charge in [0.05, 0.1) is 21.5 Å². The third-order valence-corrected chi connectivity index (χ3v) is 8.02. The highest BCUT2D eigenvalue weighted by Gasteiger charge is 2.29. The number of sulfonamides is 1. The Kier molecular flexibility index (Phi) is 8.04. The van der Waals surface area contributed by atoms with E-state index >= 15 is 0 Å². The lowest BCUT2D eigenvalue weighted by molar-refractivity contribution is -0.122. The predicted molar refractivity (Wildman–Crippen MR) is 121 cm³/mol. The van der Waals surface area contributed by atoms with Crippen LogP contribution in [0.15, 0.2) is 47.4 Å². The van der Waals surface area contributed by atoms with Crippen molar-refractivity contribution in [2.75, 3.05) is 6.54 Å². The van der Waals surface area contributed by atoms with Gasteiger partial charge in [-0.1, -0.05) is 72.3 Å². The van der Waals surface area contributed by atoms with Gasteiger partial charge in [-0.25, -0.2) is 8.42 Å². The lowest BCUT2D eigenvalue weighted by atomic mass is 9.95. The molecule has 5 nitrogen and oxygen atoms in total. The van der Waals surface area contributed by atoms with E-state index in [4.69, 9.17) is 34.8 Å². The Morgan fingerprint density at radius 1 is 0.967 bits per heavy atom. The summed E-state index contributed by atoms with van der Waals surface area (Å²) in [6.07, 6.45) is 5.12. The number of carbonyl (C=O) groups excluding carboxylic acids is 1. The second-order valence-corrected chi connectivity index (χ2v) is 10.5. The highest BCUT2D eigenvalue weighted by atomic mass is 35.5. The summed E-state index contributed by atoms with van der Waals surface area (Å²) < 4.78 is 27.8. The van der Waals surface area contributed by atoms with Gasteiger partial charge >= 0.3 is 0 Å². The Balaban J connectivity index is 1.86. The quantitative estimate of drug-likeness (QED) is 0.575. The smallest absolute Gasteiger partial charge is 0.243 e. The van der Waals surface area contributed by atoms with Crippen LogP contribution >= 0.6 is 34.8 Å². The molecule has 0 spiro atoms. The Morgan fingerprint density at radius 2 is 1.67 bits per heavy atom. The average Bonchev–Trinajstić information content (AvgIpc) is 2.71. The fourth-order valence-electron chi connectivity index (χ4n) is 3.51. The molecule has 3 rings (SSSR count). The monoisotopic (exact) mass is 488 g/mol. The van der Waals surface area contributed by atoms with Crippen molar-refractivity contribution in [1.29, 1.82) is 0 Å². The molecule has 1 fully saturated rings. The van der Waals surface area contributed by atoms with Crippen LogP contribution in [-0.2, 0) is 21.4 Å². The van der Waals surface area contributed by atoms with E-state index in [-0.39, 0.29) is 40.0 Å².